The van der Waals surface area contributed by atoms with Gasteiger partial charge in [-0.2, -0.15) is 0 Å². The molecule has 1 aromatic rings. The molecular formula is C17H28O. The first-order valence-corrected chi connectivity index (χ1v) is 7.42. The summed E-state index contributed by atoms with van der Waals surface area (Å²) in [6.07, 6.45) is 4.37. The maximum atomic E-state index is 10.6. The van der Waals surface area contributed by atoms with Gasteiger partial charge < -0.3 is 5.11 Å². The topological polar surface area (TPSA) is 20.2 Å². The molecule has 0 saturated heterocycles. The Morgan fingerprint density at radius 3 is 1.44 bits per heavy atom. The van der Waals surface area contributed by atoms with Crippen LogP contribution in [0.15, 0.2) is 12.1 Å². The molecular weight excluding hydrogens is 220 g/mol. The van der Waals surface area contributed by atoms with Crippen molar-refractivity contribution in [1.82, 2.24) is 0 Å². The van der Waals surface area contributed by atoms with Crippen molar-refractivity contribution in [3.8, 4) is 5.75 Å². The molecule has 0 fully saturated rings. The van der Waals surface area contributed by atoms with Gasteiger partial charge in [0.15, 0.2) is 0 Å². The molecule has 102 valence electrons. The third kappa shape index (κ3) is 3.07. The van der Waals surface area contributed by atoms with Crippen LogP contribution in [0.25, 0.3) is 0 Å². The van der Waals surface area contributed by atoms with Crippen molar-refractivity contribution in [3.05, 3.63) is 28.8 Å². The molecule has 0 aromatic heterocycles. The van der Waals surface area contributed by atoms with Crippen molar-refractivity contribution in [2.45, 2.75) is 72.1 Å². The number of benzene rings is 1. The molecule has 0 amide bonds. The van der Waals surface area contributed by atoms with Crippen LogP contribution in [-0.2, 0) is 0 Å². The number of phenols is 1. The number of aryl methyl sites for hydroxylation is 1. The van der Waals surface area contributed by atoms with Crippen LogP contribution in [0.1, 0.15) is 81.9 Å². The van der Waals surface area contributed by atoms with Crippen LogP contribution in [0.4, 0.5) is 0 Å². The molecule has 18 heavy (non-hydrogen) atoms. The van der Waals surface area contributed by atoms with Gasteiger partial charge in [-0.25, -0.2) is 0 Å². The van der Waals surface area contributed by atoms with Crippen LogP contribution in [0.2, 0.25) is 0 Å². The van der Waals surface area contributed by atoms with Crippen molar-refractivity contribution in [2.75, 3.05) is 0 Å². The van der Waals surface area contributed by atoms with E-state index in [0.717, 1.165) is 36.8 Å². The lowest BCUT2D eigenvalue weighted by Crippen LogP contribution is -2.03. The predicted molar refractivity (Wildman–Crippen MR) is 79.5 cm³/mol. The summed E-state index contributed by atoms with van der Waals surface area (Å²) in [5.74, 6) is 1.53. The van der Waals surface area contributed by atoms with Gasteiger partial charge in [0.05, 0.1) is 0 Å². The molecule has 0 aliphatic heterocycles. The average Bonchev–Trinajstić information content (AvgIpc) is 2.37. The lowest BCUT2D eigenvalue weighted by molar-refractivity contribution is 0.440. The van der Waals surface area contributed by atoms with Gasteiger partial charge in [0.2, 0.25) is 0 Å². The molecule has 1 rings (SSSR count). The van der Waals surface area contributed by atoms with Gasteiger partial charge >= 0.3 is 0 Å². The molecule has 0 saturated carbocycles. The van der Waals surface area contributed by atoms with Crippen LogP contribution in [-0.4, -0.2) is 5.11 Å². The van der Waals surface area contributed by atoms with Crippen LogP contribution in [0, 0.1) is 6.92 Å². The Morgan fingerprint density at radius 1 is 0.833 bits per heavy atom. The number of hydrogen-bond acceptors (Lipinski definition) is 1. The fourth-order valence-corrected chi connectivity index (χ4v) is 2.92. The highest BCUT2D eigenvalue weighted by Gasteiger charge is 2.19. The molecule has 0 aliphatic carbocycles. The summed E-state index contributed by atoms with van der Waals surface area (Å²) in [5, 5.41) is 10.6. The van der Waals surface area contributed by atoms with E-state index in [4.69, 9.17) is 0 Å². The minimum absolute atomic E-state index is 0.484. The van der Waals surface area contributed by atoms with Gasteiger partial charge in [-0.05, 0) is 55.6 Å². The number of phenolic OH excluding ortho intramolecular Hbond substituents is 1. The molecule has 1 heteroatoms. The van der Waals surface area contributed by atoms with E-state index in [1.807, 2.05) is 0 Å². The van der Waals surface area contributed by atoms with Crippen molar-refractivity contribution < 1.29 is 5.11 Å². The smallest absolute Gasteiger partial charge is 0.122 e. The van der Waals surface area contributed by atoms with E-state index < -0.39 is 0 Å². The molecule has 0 aliphatic rings. The van der Waals surface area contributed by atoms with Crippen molar-refractivity contribution >= 4 is 0 Å². The maximum Gasteiger partial charge on any atom is 0.122 e. The third-order valence-corrected chi connectivity index (χ3v) is 4.16. The first kappa shape index (κ1) is 15.1. The van der Waals surface area contributed by atoms with Crippen LogP contribution >= 0.6 is 0 Å². The quantitative estimate of drug-likeness (QED) is 0.704. The van der Waals surface area contributed by atoms with E-state index in [9.17, 15) is 5.11 Å². The molecule has 0 bridgehead atoms. The Hall–Kier alpha value is -0.980. The van der Waals surface area contributed by atoms with Crippen LogP contribution in [0.5, 0.6) is 5.75 Å². The molecule has 0 unspecified atom stereocenters. The zero-order valence-corrected chi connectivity index (χ0v) is 12.6. The van der Waals surface area contributed by atoms with E-state index in [1.165, 1.54) is 5.56 Å². The van der Waals surface area contributed by atoms with E-state index in [2.05, 4.69) is 46.8 Å². The molecule has 1 nitrogen and oxygen atoms in total. The molecule has 0 atom stereocenters. The highest BCUT2D eigenvalue weighted by Crippen LogP contribution is 2.39. The standard InChI is InChI=1S/C17H28O/c1-6-13(7-2)15-10-12(5)11-16(17(15)18)14(8-3)9-4/h10-11,13-14,18H,6-9H2,1-5H3. The van der Waals surface area contributed by atoms with Crippen molar-refractivity contribution in [2.24, 2.45) is 0 Å². The summed E-state index contributed by atoms with van der Waals surface area (Å²) in [5.41, 5.74) is 3.58. The SMILES string of the molecule is CCC(CC)c1cc(C)cc(C(CC)CC)c1O. The van der Waals surface area contributed by atoms with Crippen molar-refractivity contribution in [3.63, 3.8) is 0 Å². The van der Waals surface area contributed by atoms with Crippen molar-refractivity contribution in [1.29, 1.82) is 0 Å². The first-order chi connectivity index (χ1) is 8.58. The Morgan fingerprint density at radius 2 is 1.17 bits per heavy atom. The largest absolute Gasteiger partial charge is 0.507 e. The molecule has 0 radical (unpaired) electrons. The first-order valence-electron chi connectivity index (χ1n) is 7.42. The Bertz CT molecular complexity index is 340. The maximum absolute atomic E-state index is 10.6. The second kappa shape index (κ2) is 6.82. The Labute approximate surface area is 112 Å². The van der Waals surface area contributed by atoms with Gasteiger partial charge in [-0.3, -0.25) is 0 Å². The zero-order chi connectivity index (χ0) is 13.7. The summed E-state index contributed by atoms with van der Waals surface area (Å²) < 4.78 is 0. The van der Waals surface area contributed by atoms with Gasteiger partial charge in [0, 0.05) is 0 Å². The lowest BCUT2D eigenvalue weighted by atomic mass is 9.85. The highest BCUT2D eigenvalue weighted by molar-refractivity contribution is 5.47. The normalized spacial score (nSPS) is 11.5. The molecule has 1 aromatic carbocycles. The lowest BCUT2D eigenvalue weighted by Gasteiger charge is -2.22. The molecule has 0 spiro atoms. The van der Waals surface area contributed by atoms with Crippen LogP contribution in [0.3, 0.4) is 0 Å². The summed E-state index contributed by atoms with van der Waals surface area (Å²) in [6, 6.07) is 4.33. The van der Waals surface area contributed by atoms with Gasteiger partial charge in [-0.1, -0.05) is 45.4 Å². The number of aromatic hydroxyl groups is 1. The third-order valence-electron chi connectivity index (χ3n) is 4.16. The minimum Gasteiger partial charge on any atom is -0.507 e. The Balaban J connectivity index is 3.29. The Kier molecular flexibility index (Phi) is 5.71. The van der Waals surface area contributed by atoms with E-state index in [-0.39, 0.29) is 0 Å². The summed E-state index contributed by atoms with van der Waals surface area (Å²) >= 11 is 0. The summed E-state index contributed by atoms with van der Waals surface area (Å²) in [4.78, 5) is 0. The summed E-state index contributed by atoms with van der Waals surface area (Å²) in [6.45, 7) is 10.9. The van der Waals surface area contributed by atoms with Gasteiger partial charge in [0.1, 0.15) is 5.75 Å². The number of rotatable bonds is 6. The van der Waals surface area contributed by atoms with Crippen LogP contribution < -0.4 is 0 Å². The number of hydrogen-bond donors (Lipinski definition) is 1. The monoisotopic (exact) mass is 248 g/mol. The summed E-state index contributed by atoms with van der Waals surface area (Å²) in [7, 11) is 0. The van der Waals surface area contributed by atoms with Gasteiger partial charge in [0.25, 0.3) is 0 Å². The minimum atomic E-state index is 0.484. The van der Waals surface area contributed by atoms with E-state index >= 15 is 0 Å². The fourth-order valence-electron chi connectivity index (χ4n) is 2.92. The van der Waals surface area contributed by atoms with E-state index in [0.29, 0.717) is 17.6 Å². The predicted octanol–water partition coefficient (Wildman–Crippen LogP) is 5.51. The second-order valence-electron chi connectivity index (χ2n) is 5.32. The van der Waals surface area contributed by atoms with Gasteiger partial charge in [-0.15, -0.1) is 0 Å². The second-order valence-corrected chi connectivity index (χ2v) is 5.32. The van der Waals surface area contributed by atoms with E-state index in [1.54, 1.807) is 0 Å². The molecule has 0 heterocycles. The average molecular weight is 248 g/mol. The fraction of sp³-hybridized carbons (Fsp3) is 0.647. The highest BCUT2D eigenvalue weighted by atomic mass is 16.3. The zero-order valence-electron chi connectivity index (χ0n) is 12.6. The molecule has 1 N–H and O–H groups in total.